The minimum atomic E-state index is 0.230. The van der Waals surface area contributed by atoms with Gasteiger partial charge in [0.2, 0.25) is 0 Å². The second kappa shape index (κ2) is 5.39. The van der Waals surface area contributed by atoms with Crippen molar-refractivity contribution in [1.29, 1.82) is 0 Å². The average molecular weight is 262 g/mol. The van der Waals surface area contributed by atoms with Gasteiger partial charge in [0.25, 0.3) is 0 Å². The highest BCUT2D eigenvalue weighted by Gasteiger charge is 2.35. The summed E-state index contributed by atoms with van der Waals surface area (Å²) >= 11 is 0. The van der Waals surface area contributed by atoms with E-state index in [0.29, 0.717) is 17.8 Å². The van der Waals surface area contributed by atoms with Gasteiger partial charge in [-0.2, -0.15) is 0 Å². The first-order chi connectivity index (χ1) is 9.25. The Bertz CT molecular complexity index is 422. The standard InChI is InChI=1S/C15H22N2O2/c18-10-5-6-14(19)11(9-10)15(12-3-1-7-16-12)13-4-2-8-17-13/h5-6,9,12-13,15-19H,1-4,7-8H2. The molecule has 0 amide bonds. The molecule has 2 unspecified atom stereocenters. The highest BCUT2D eigenvalue weighted by Crippen LogP contribution is 2.38. The zero-order chi connectivity index (χ0) is 13.2. The van der Waals surface area contributed by atoms with E-state index < -0.39 is 0 Å². The van der Waals surface area contributed by atoms with Crippen LogP contribution in [0, 0.1) is 0 Å². The third-order valence-electron chi connectivity index (χ3n) is 4.43. The average Bonchev–Trinajstić information content (AvgIpc) is 3.07. The summed E-state index contributed by atoms with van der Waals surface area (Å²) in [7, 11) is 0. The van der Waals surface area contributed by atoms with Gasteiger partial charge < -0.3 is 20.8 Å². The van der Waals surface area contributed by atoms with Crippen molar-refractivity contribution in [3.63, 3.8) is 0 Å². The van der Waals surface area contributed by atoms with Crippen molar-refractivity contribution in [1.82, 2.24) is 10.6 Å². The van der Waals surface area contributed by atoms with Gasteiger partial charge in [-0.1, -0.05) is 0 Å². The molecule has 0 saturated carbocycles. The summed E-state index contributed by atoms with van der Waals surface area (Å²) in [6.45, 7) is 2.10. The summed E-state index contributed by atoms with van der Waals surface area (Å²) in [5, 5.41) is 27.0. The molecule has 0 aliphatic carbocycles. The van der Waals surface area contributed by atoms with Crippen molar-refractivity contribution in [2.45, 2.75) is 43.7 Å². The fourth-order valence-electron chi connectivity index (χ4n) is 3.56. The van der Waals surface area contributed by atoms with Gasteiger partial charge in [-0.3, -0.25) is 0 Å². The van der Waals surface area contributed by atoms with E-state index in [2.05, 4.69) is 10.6 Å². The largest absolute Gasteiger partial charge is 0.508 e. The molecular formula is C15H22N2O2. The Kier molecular flexibility index (Phi) is 3.62. The molecule has 4 heteroatoms. The number of rotatable bonds is 3. The van der Waals surface area contributed by atoms with E-state index in [-0.39, 0.29) is 11.7 Å². The Balaban J connectivity index is 1.94. The van der Waals surface area contributed by atoms with E-state index >= 15 is 0 Å². The third kappa shape index (κ3) is 2.55. The van der Waals surface area contributed by atoms with Crippen LogP contribution in [0.1, 0.15) is 37.2 Å². The Hall–Kier alpha value is -1.26. The molecule has 2 aliphatic heterocycles. The Morgan fingerprint density at radius 2 is 1.63 bits per heavy atom. The molecule has 0 radical (unpaired) electrons. The highest BCUT2D eigenvalue weighted by atomic mass is 16.3. The second-order valence-corrected chi connectivity index (χ2v) is 5.67. The number of phenols is 2. The summed E-state index contributed by atoms with van der Waals surface area (Å²) in [5.41, 5.74) is 0.874. The highest BCUT2D eigenvalue weighted by molar-refractivity contribution is 5.42. The predicted molar refractivity (Wildman–Crippen MR) is 74.6 cm³/mol. The van der Waals surface area contributed by atoms with Crippen molar-refractivity contribution in [2.24, 2.45) is 0 Å². The number of nitrogens with one attached hydrogen (secondary N) is 2. The van der Waals surface area contributed by atoms with E-state index in [4.69, 9.17) is 0 Å². The number of phenolic OH excluding ortho intramolecular Hbond substituents is 2. The van der Waals surface area contributed by atoms with Crippen molar-refractivity contribution >= 4 is 0 Å². The van der Waals surface area contributed by atoms with Gasteiger partial charge in [0, 0.05) is 23.6 Å². The molecule has 2 fully saturated rings. The first-order valence-corrected chi connectivity index (χ1v) is 7.24. The van der Waals surface area contributed by atoms with Gasteiger partial charge >= 0.3 is 0 Å². The van der Waals surface area contributed by atoms with Crippen LogP contribution in [-0.4, -0.2) is 35.4 Å². The molecule has 0 bridgehead atoms. The van der Waals surface area contributed by atoms with Crippen LogP contribution in [0.3, 0.4) is 0 Å². The lowest BCUT2D eigenvalue weighted by molar-refractivity contribution is 0.372. The zero-order valence-electron chi connectivity index (χ0n) is 11.1. The maximum absolute atomic E-state index is 10.2. The molecule has 1 aromatic carbocycles. The van der Waals surface area contributed by atoms with Crippen molar-refractivity contribution < 1.29 is 10.2 Å². The molecule has 2 heterocycles. The lowest BCUT2D eigenvalue weighted by atomic mass is 9.83. The smallest absolute Gasteiger partial charge is 0.119 e. The first-order valence-electron chi connectivity index (χ1n) is 7.24. The zero-order valence-corrected chi connectivity index (χ0v) is 11.1. The molecule has 104 valence electrons. The van der Waals surface area contributed by atoms with Gasteiger partial charge in [0.15, 0.2) is 0 Å². The molecule has 1 aromatic rings. The Labute approximate surface area is 113 Å². The minimum absolute atomic E-state index is 0.230. The second-order valence-electron chi connectivity index (χ2n) is 5.67. The van der Waals surface area contributed by atoms with Gasteiger partial charge in [-0.15, -0.1) is 0 Å². The van der Waals surface area contributed by atoms with Crippen LogP contribution in [0.15, 0.2) is 18.2 Å². The maximum Gasteiger partial charge on any atom is 0.119 e. The molecule has 2 atom stereocenters. The van der Waals surface area contributed by atoms with Crippen LogP contribution in [0.25, 0.3) is 0 Å². The van der Waals surface area contributed by atoms with Crippen LogP contribution in [0.4, 0.5) is 0 Å². The maximum atomic E-state index is 10.2. The van der Waals surface area contributed by atoms with E-state index in [0.717, 1.165) is 31.5 Å². The summed E-state index contributed by atoms with van der Waals surface area (Å²) in [4.78, 5) is 0. The molecule has 4 N–H and O–H groups in total. The monoisotopic (exact) mass is 262 g/mol. The van der Waals surface area contributed by atoms with Gasteiger partial charge in [-0.05, 0) is 57.0 Å². The van der Waals surface area contributed by atoms with Gasteiger partial charge in [0.1, 0.15) is 11.5 Å². The molecule has 0 aromatic heterocycles. The third-order valence-corrected chi connectivity index (χ3v) is 4.43. The topological polar surface area (TPSA) is 64.5 Å². The van der Waals surface area contributed by atoms with Crippen molar-refractivity contribution in [3.8, 4) is 11.5 Å². The molecule has 4 nitrogen and oxygen atoms in total. The molecule has 2 aliphatic rings. The van der Waals surface area contributed by atoms with Crippen LogP contribution in [0.2, 0.25) is 0 Å². The lowest BCUT2D eigenvalue weighted by Gasteiger charge is -2.30. The lowest BCUT2D eigenvalue weighted by Crippen LogP contribution is -2.40. The Morgan fingerprint density at radius 1 is 1.00 bits per heavy atom. The first kappa shape index (κ1) is 12.8. The van der Waals surface area contributed by atoms with E-state index in [1.54, 1.807) is 18.2 Å². The van der Waals surface area contributed by atoms with E-state index in [9.17, 15) is 10.2 Å². The molecule has 3 rings (SSSR count). The van der Waals surface area contributed by atoms with Crippen molar-refractivity contribution in [3.05, 3.63) is 23.8 Å². The summed E-state index contributed by atoms with van der Waals surface area (Å²) in [6, 6.07) is 5.65. The fraction of sp³-hybridized carbons (Fsp3) is 0.600. The summed E-state index contributed by atoms with van der Waals surface area (Å²) < 4.78 is 0. The number of hydrogen-bond acceptors (Lipinski definition) is 4. The van der Waals surface area contributed by atoms with Crippen LogP contribution < -0.4 is 10.6 Å². The molecule has 0 spiro atoms. The van der Waals surface area contributed by atoms with Crippen LogP contribution in [-0.2, 0) is 0 Å². The van der Waals surface area contributed by atoms with E-state index in [1.165, 1.54) is 12.8 Å². The fourth-order valence-corrected chi connectivity index (χ4v) is 3.56. The molecule has 2 saturated heterocycles. The SMILES string of the molecule is Oc1ccc(O)c(C(C2CCCN2)C2CCCN2)c1. The number of benzene rings is 1. The van der Waals surface area contributed by atoms with E-state index in [1.807, 2.05) is 0 Å². The minimum Gasteiger partial charge on any atom is -0.508 e. The summed E-state index contributed by atoms with van der Waals surface area (Å²) in [6.07, 6.45) is 4.65. The van der Waals surface area contributed by atoms with Crippen LogP contribution >= 0.6 is 0 Å². The van der Waals surface area contributed by atoms with Gasteiger partial charge in [-0.25, -0.2) is 0 Å². The Morgan fingerprint density at radius 3 is 2.16 bits per heavy atom. The normalized spacial score (nSPS) is 28.6. The quantitative estimate of drug-likeness (QED) is 0.626. The molecule has 19 heavy (non-hydrogen) atoms. The van der Waals surface area contributed by atoms with Crippen LogP contribution in [0.5, 0.6) is 11.5 Å². The number of hydrogen-bond donors (Lipinski definition) is 4. The summed E-state index contributed by atoms with van der Waals surface area (Å²) in [5.74, 6) is 0.760. The number of aromatic hydroxyl groups is 2. The van der Waals surface area contributed by atoms with Crippen molar-refractivity contribution in [2.75, 3.05) is 13.1 Å². The predicted octanol–water partition coefficient (Wildman–Crippen LogP) is 1.69. The van der Waals surface area contributed by atoms with Gasteiger partial charge in [0.05, 0.1) is 0 Å². The molecular weight excluding hydrogens is 240 g/mol.